The highest BCUT2D eigenvalue weighted by molar-refractivity contribution is 6.37. The predicted octanol–water partition coefficient (Wildman–Crippen LogP) is 3.30. The molecule has 1 heterocycles. The molecule has 0 aliphatic carbocycles. The van der Waals surface area contributed by atoms with E-state index in [4.69, 9.17) is 23.2 Å². The average Bonchev–Trinajstić information content (AvgIpc) is 2.66. The maximum atomic E-state index is 9.39. The molecule has 0 saturated carbocycles. The zero-order chi connectivity index (χ0) is 10.1. The molecular weight excluding hydrogens is 221 g/mol. The van der Waals surface area contributed by atoms with E-state index in [0.717, 1.165) is 18.8 Å². The number of benzene rings is 1. The molecule has 0 unspecified atom stereocenters. The Balaban J connectivity index is 2.34. The Hall–Kier alpha value is -0.600. The van der Waals surface area contributed by atoms with Gasteiger partial charge in [-0.15, -0.1) is 0 Å². The fourth-order valence-corrected chi connectivity index (χ4v) is 2.19. The molecule has 1 saturated heterocycles. The molecule has 0 amide bonds. The van der Waals surface area contributed by atoms with Crippen LogP contribution in [0.25, 0.3) is 0 Å². The van der Waals surface area contributed by atoms with Crippen molar-refractivity contribution < 1.29 is 5.11 Å². The molecule has 0 bridgehead atoms. The number of hydrogen-bond acceptors (Lipinski definition) is 2. The number of phenolic OH excluding ortho intramolecular Hbond substituents is 1. The maximum Gasteiger partial charge on any atom is 0.152 e. The first-order valence-corrected chi connectivity index (χ1v) is 5.37. The summed E-state index contributed by atoms with van der Waals surface area (Å²) in [5, 5.41) is 10.0. The summed E-state index contributed by atoms with van der Waals surface area (Å²) in [4.78, 5) is 2.22. The van der Waals surface area contributed by atoms with E-state index in [1.54, 1.807) is 12.1 Å². The highest BCUT2D eigenvalue weighted by Gasteiger charge is 2.15. The Morgan fingerprint density at radius 1 is 1.07 bits per heavy atom. The zero-order valence-electron chi connectivity index (χ0n) is 7.63. The van der Waals surface area contributed by atoms with Crippen LogP contribution in [0.2, 0.25) is 10.0 Å². The second-order valence-corrected chi connectivity index (χ2v) is 4.27. The van der Waals surface area contributed by atoms with Crippen molar-refractivity contribution in [1.82, 2.24) is 0 Å². The van der Waals surface area contributed by atoms with Gasteiger partial charge in [-0.2, -0.15) is 0 Å². The van der Waals surface area contributed by atoms with Crippen LogP contribution >= 0.6 is 23.2 Å². The van der Waals surface area contributed by atoms with Crippen LogP contribution in [0.15, 0.2) is 12.1 Å². The average molecular weight is 232 g/mol. The topological polar surface area (TPSA) is 23.5 Å². The molecule has 2 nitrogen and oxygen atoms in total. The monoisotopic (exact) mass is 231 g/mol. The third kappa shape index (κ3) is 1.77. The summed E-state index contributed by atoms with van der Waals surface area (Å²) in [5.74, 6) is -0.0312. The summed E-state index contributed by atoms with van der Waals surface area (Å²) in [6, 6.07) is 3.52. The number of rotatable bonds is 1. The fraction of sp³-hybridized carbons (Fsp3) is 0.400. The minimum atomic E-state index is -0.0312. The second-order valence-electron chi connectivity index (χ2n) is 3.45. The zero-order valence-corrected chi connectivity index (χ0v) is 9.15. The standard InChI is InChI=1S/C10H11Cl2NO/c11-8-5-7(6-9(12)10(8)14)13-3-1-2-4-13/h5-6,14H,1-4H2. The van der Waals surface area contributed by atoms with Crippen molar-refractivity contribution in [3.63, 3.8) is 0 Å². The van der Waals surface area contributed by atoms with Gasteiger partial charge in [0.05, 0.1) is 10.0 Å². The highest BCUT2D eigenvalue weighted by atomic mass is 35.5. The van der Waals surface area contributed by atoms with Gasteiger partial charge < -0.3 is 10.0 Å². The third-order valence-electron chi connectivity index (χ3n) is 2.47. The predicted molar refractivity (Wildman–Crippen MR) is 59.6 cm³/mol. The lowest BCUT2D eigenvalue weighted by Gasteiger charge is -2.18. The first kappa shape index (κ1) is 9.94. The minimum Gasteiger partial charge on any atom is -0.505 e. The molecule has 1 aromatic rings. The lowest BCUT2D eigenvalue weighted by atomic mass is 10.3. The molecule has 2 rings (SSSR count). The number of anilines is 1. The van der Waals surface area contributed by atoms with Crippen molar-refractivity contribution in [3.8, 4) is 5.75 Å². The summed E-state index contributed by atoms with van der Waals surface area (Å²) < 4.78 is 0. The van der Waals surface area contributed by atoms with Crippen molar-refractivity contribution in [3.05, 3.63) is 22.2 Å². The van der Waals surface area contributed by atoms with Crippen LogP contribution in [0.1, 0.15) is 12.8 Å². The van der Waals surface area contributed by atoms with Crippen LogP contribution in [0.5, 0.6) is 5.75 Å². The van der Waals surface area contributed by atoms with Crippen LogP contribution in [0.4, 0.5) is 5.69 Å². The largest absolute Gasteiger partial charge is 0.505 e. The Kier molecular flexibility index (Phi) is 2.75. The molecule has 1 aliphatic rings. The molecule has 0 spiro atoms. The first-order valence-electron chi connectivity index (χ1n) is 4.61. The van der Waals surface area contributed by atoms with Crippen molar-refractivity contribution in [2.45, 2.75) is 12.8 Å². The molecule has 14 heavy (non-hydrogen) atoms. The highest BCUT2D eigenvalue weighted by Crippen LogP contribution is 2.36. The third-order valence-corrected chi connectivity index (χ3v) is 3.05. The molecule has 1 aliphatic heterocycles. The van der Waals surface area contributed by atoms with Gasteiger partial charge in [0.15, 0.2) is 5.75 Å². The van der Waals surface area contributed by atoms with E-state index >= 15 is 0 Å². The Morgan fingerprint density at radius 2 is 1.57 bits per heavy atom. The van der Waals surface area contributed by atoms with Gasteiger partial charge in [0.25, 0.3) is 0 Å². The van der Waals surface area contributed by atoms with Crippen molar-refractivity contribution in [1.29, 1.82) is 0 Å². The molecular formula is C10H11Cl2NO. The van der Waals surface area contributed by atoms with Crippen LogP contribution in [0, 0.1) is 0 Å². The van der Waals surface area contributed by atoms with Gasteiger partial charge in [-0.1, -0.05) is 23.2 Å². The Morgan fingerprint density at radius 3 is 2.07 bits per heavy atom. The van der Waals surface area contributed by atoms with Gasteiger partial charge in [-0.25, -0.2) is 0 Å². The maximum absolute atomic E-state index is 9.39. The van der Waals surface area contributed by atoms with Gasteiger partial charge in [0, 0.05) is 18.8 Å². The first-order chi connectivity index (χ1) is 6.68. The van der Waals surface area contributed by atoms with Crippen LogP contribution in [-0.2, 0) is 0 Å². The number of halogens is 2. The van der Waals surface area contributed by atoms with Crippen LogP contribution < -0.4 is 4.90 Å². The minimum absolute atomic E-state index is 0.0312. The van der Waals surface area contributed by atoms with Crippen molar-refractivity contribution in [2.75, 3.05) is 18.0 Å². The molecule has 1 fully saturated rings. The summed E-state index contributed by atoms with van der Waals surface area (Å²) in [7, 11) is 0. The van der Waals surface area contributed by atoms with Gasteiger partial charge in [-0.05, 0) is 25.0 Å². The lowest BCUT2D eigenvalue weighted by Crippen LogP contribution is -2.17. The summed E-state index contributed by atoms with van der Waals surface area (Å²) in [6.07, 6.45) is 2.41. The van der Waals surface area contributed by atoms with Crippen molar-refractivity contribution in [2.24, 2.45) is 0 Å². The van der Waals surface area contributed by atoms with E-state index in [0.29, 0.717) is 10.0 Å². The van der Waals surface area contributed by atoms with E-state index in [1.165, 1.54) is 12.8 Å². The molecule has 0 aromatic heterocycles. The normalized spacial score (nSPS) is 16.3. The van der Waals surface area contributed by atoms with Gasteiger partial charge in [-0.3, -0.25) is 0 Å². The van der Waals surface area contributed by atoms with Crippen LogP contribution in [-0.4, -0.2) is 18.2 Å². The summed E-state index contributed by atoms with van der Waals surface area (Å²) in [5.41, 5.74) is 0.996. The number of phenols is 1. The van der Waals surface area contributed by atoms with E-state index in [-0.39, 0.29) is 5.75 Å². The number of nitrogens with zero attached hydrogens (tertiary/aromatic N) is 1. The molecule has 4 heteroatoms. The number of hydrogen-bond donors (Lipinski definition) is 1. The van der Waals surface area contributed by atoms with E-state index in [9.17, 15) is 5.11 Å². The number of aromatic hydroxyl groups is 1. The molecule has 1 aromatic carbocycles. The Bertz CT molecular complexity index is 325. The summed E-state index contributed by atoms with van der Waals surface area (Å²) >= 11 is 11.7. The van der Waals surface area contributed by atoms with Gasteiger partial charge >= 0.3 is 0 Å². The smallest absolute Gasteiger partial charge is 0.152 e. The van der Waals surface area contributed by atoms with Gasteiger partial charge in [0.2, 0.25) is 0 Å². The molecule has 0 radical (unpaired) electrons. The van der Waals surface area contributed by atoms with E-state index in [2.05, 4.69) is 4.90 Å². The molecule has 1 N–H and O–H groups in total. The van der Waals surface area contributed by atoms with Gasteiger partial charge in [0.1, 0.15) is 0 Å². The van der Waals surface area contributed by atoms with E-state index in [1.807, 2.05) is 0 Å². The Labute approximate surface area is 93.0 Å². The fourth-order valence-electron chi connectivity index (χ4n) is 1.71. The molecule has 0 atom stereocenters. The van der Waals surface area contributed by atoms with Crippen molar-refractivity contribution >= 4 is 28.9 Å². The van der Waals surface area contributed by atoms with Crippen LogP contribution in [0.3, 0.4) is 0 Å². The quantitative estimate of drug-likeness (QED) is 0.802. The second kappa shape index (κ2) is 3.87. The van der Waals surface area contributed by atoms with E-state index < -0.39 is 0 Å². The lowest BCUT2D eigenvalue weighted by molar-refractivity contribution is 0.476. The summed E-state index contributed by atoms with van der Waals surface area (Å²) in [6.45, 7) is 2.08. The SMILES string of the molecule is Oc1c(Cl)cc(N2CCCC2)cc1Cl. The molecule has 76 valence electrons.